The van der Waals surface area contributed by atoms with Crippen LogP contribution >= 0.6 is 11.6 Å². The summed E-state index contributed by atoms with van der Waals surface area (Å²) in [6.07, 6.45) is 0.250. The van der Waals surface area contributed by atoms with Gasteiger partial charge >= 0.3 is 57.4 Å². The Morgan fingerprint density at radius 2 is 2.30 bits per heavy atom. The third-order valence-electron chi connectivity index (χ3n) is 0.574. The van der Waals surface area contributed by atoms with Gasteiger partial charge in [0, 0.05) is 0 Å². The maximum atomic E-state index is 10.4. The summed E-state index contributed by atoms with van der Waals surface area (Å²) in [7, 11) is 0. The molecule has 0 heterocycles. The van der Waals surface area contributed by atoms with Gasteiger partial charge in [0.1, 0.15) is 5.03 Å². The van der Waals surface area contributed by atoms with Crippen molar-refractivity contribution in [2.24, 2.45) is 0 Å². The van der Waals surface area contributed by atoms with Crippen LogP contribution in [0.4, 0.5) is 0 Å². The summed E-state index contributed by atoms with van der Waals surface area (Å²) in [6, 6.07) is 0. The average Bonchev–Trinajstić information content (AvgIpc) is 1.87. The predicted molar refractivity (Wildman–Crippen MR) is 30.6 cm³/mol. The van der Waals surface area contributed by atoms with E-state index in [4.69, 9.17) is 11.6 Å². The summed E-state index contributed by atoms with van der Waals surface area (Å²) in [5, 5.41) is 9.33. The molecule has 0 rings (SSSR count). The van der Waals surface area contributed by atoms with E-state index >= 15 is 0 Å². The Kier molecular flexibility index (Phi) is 10.9. The molecule has 5 heteroatoms. The van der Waals surface area contributed by atoms with E-state index in [0.717, 1.165) is 0 Å². The van der Waals surface area contributed by atoms with Crippen molar-refractivity contribution in [1.29, 1.82) is 0 Å². The van der Waals surface area contributed by atoms with Crippen LogP contribution in [0.15, 0.2) is 11.3 Å². The normalized spacial score (nSPS) is 10.0. The van der Waals surface area contributed by atoms with Gasteiger partial charge in [0.2, 0.25) is 0 Å². The van der Waals surface area contributed by atoms with E-state index in [1.54, 1.807) is 6.92 Å². The Morgan fingerprint density at radius 1 is 1.80 bits per heavy atom. The zero-order chi connectivity index (χ0) is 7.28. The molecule has 0 aliphatic heterocycles. The molecule has 0 unspecified atom stereocenters. The summed E-state index contributed by atoms with van der Waals surface area (Å²) < 4.78 is 4.36. The third kappa shape index (κ3) is 5.70. The minimum absolute atomic E-state index is 0. The molecule has 0 aliphatic rings. The van der Waals surface area contributed by atoms with Gasteiger partial charge in [0.25, 0.3) is 0 Å². The SMILES string of the molecule is CCOC(=O)/C(Cl)=C/[O-].[K+]. The van der Waals surface area contributed by atoms with Crippen molar-refractivity contribution < 1.29 is 66.0 Å². The van der Waals surface area contributed by atoms with Gasteiger partial charge < -0.3 is 9.84 Å². The van der Waals surface area contributed by atoms with Crippen molar-refractivity contribution in [3.8, 4) is 0 Å². The zero-order valence-corrected chi connectivity index (χ0v) is 9.77. The number of carbonyl (C=O) groups excluding carboxylic acids is 1. The van der Waals surface area contributed by atoms with Crippen molar-refractivity contribution in [3.05, 3.63) is 11.3 Å². The topological polar surface area (TPSA) is 49.4 Å². The molecule has 3 nitrogen and oxygen atoms in total. The molecule has 0 amide bonds. The fourth-order valence-electron chi connectivity index (χ4n) is 0.248. The van der Waals surface area contributed by atoms with Crippen molar-refractivity contribution in [2.45, 2.75) is 6.92 Å². The molecule has 10 heavy (non-hydrogen) atoms. The van der Waals surface area contributed by atoms with E-state index in [0.29, 0.717) is 0 Å². The second-order valence-corrected chi connectivity index (χ2v) is 1.59. The molecule has 0 aromatic carbocycles. The number of rotatable bonds is 2. The first-order valence-corrected chi connectivity index (χ1v) is 2.75. The van der Waals surface area contributed by atoms with Gasteiger partial charge in [-0.3, -0.25) is 0 Å². The number of hydrogen-bond donors (Lipinski definition) is 0. The standard InChI is InChI=1S/C5H7ClO3.K/c1-2-9-5(8)4(6)3-7;/h3,7H,2H2,1H3;/q;+1/p-1/b4-3-;. The molecular weight excluding hydrogens is 183 g/mol. The quantitative estimate of drug-likeness (QED) is 0.201. The van der Waals surface area contributed by atoms with Gasteiger partial charge in [-0.05, 0) is 6.92 Å². The molecule has 0 saturated carbocycles. The molecule has 0 N–H and O–H groups in total. The Labute approximate surface area is 107 Å². The molecule has 0 bridgehead atoms. The molecular formula is C5H6ClKO3. The number of ether oxygens (including phenoxy) is 1. The second-order valence-electron chi connectivity index (χ2n) is 1.19. The first-order chi connectivity index (χ1) is 4.22. The van der Waals surface area contributed by atoms with Crippen LogP contribution in [0.1, 0.15) is 6.92 Å². The van der Waals surface area contributed by atoms with Crippen LogP contribution in [-0.4, -0.2) is 12.6 Å². The molecule has 0 atom stereocenters. The molecule has 0 aliphatic carbocycles. The van der Waals surface area contributed by atoms with Crippen LogP contribution in [0.3, 0.4) is 0 Å². The molecule has 52 valence electrons. The molecule has 0 aromatic rings. The zero-order valence-electron chi connectivity index (χ0n) is 5.89. The minimum atomic E-state index is -0.769. The van der Waals surface area contributed by atoms with Crippen molar-refractivity contribution in [1.82, 2.24) is 0 Å². The Bertz CT molecular complexity index is 135. The van der Waals surface area contributed by atoms with Gasteiger partial charge in [-0.15, -0.1) is 6.26 Å². The number of hydrogen-bond acceptors (Lipinski definition) is 3. The van der Waals surface area contributed by atoms with Gasteiger partial charge in [-0.25, -0.2) is 4.79 Å². The largest absolute Gasteiger partial charge is 1.00 e. The molecule has 0 saturated heterocycles. The predicted octanol–water partition coefficient (Wildman–Crippen LogP) is -3.01. The summed E-state index contributed by atoms with van der Waals surface area (Å²) >= 11 is 5.07. The summed E-state index contributed by atoms with van der Waals surface area (Å²) in [5.41, 5.74) is 0. The van der Waals surface area contributed by atoms with Gasteiger partial charge in [-0.2, -0.15) is 0 Å². The second kappa shape index (κ2) is 8.04. The van der Waals surface area contributed by atoms with Crippen LogP contribution < -0.4 is 56.5 Å². The molecule has 0 fully saturated rings. The van der Waals surface area contributed by atoms with Crippen molar-refractivity contribution >= 4 is 17.6 Å². The van der Waals surface area contributed by atoms with E-state index in [-0.39, 0.29) is 64.3 Å². The van der Waals surface area contributed by atoms with E-state index in [1.165, 1.54) is 0 Å². The smallest absolute Gasteiger partial charge is 0.877 e. The number of esters is 1. The summed E-state index contributed by atoms with van der Waals surface area (Å²) in [6.45, 7) is 1.86. The Morgan fingerprint density at radius 3 is 2.60 bits per heavy atom. The van der Waals surface area contributed by atoms with Gasteiger partial charge in [0.05, 0.1) is 6.61 Å². The van der Waals surface area contributed by atoms with E-state index in [1.807, 2.05) is 0 Å². The minimum Gasteiger partial charge on any atom is -0.877 e. The summed E-state index contributed by atoms with van der Waals surface area (Å²) in [5.74, 6) is -0.769. The fraction of sp³-hybridized carbons (Fsp3) is 0.400. The first-order valence-electron chi connectivity index (χ1n) is 2.37. The number of halogens is 1. The molecule has 0 aromatic heterocycles. The van der Waals surface area contributed by atoms with Crippen LogP contribution in [0.25, 0.3) is 0 Å². The van der Waals surface area contributed by atoms with Crippen LogP contribution in [0.2, 0.25) is 0 Å². The number of carbonyl (C=O) groups is 1. The maximum absolute atomic E-state index is 10.4. The van der Waals surface area contributed by atoms with E-state index in [2.05, 4.69) is 4.74 Å². The monoisotopic (exact) mass is 188 g/mol. The maximum Gasteiger partial charge on any atom is 1.00 e. The van der Waals surface area contributed by atoms with Crippen molar-refractivity contribution in [3.63, 3.8) is 0 Å². The van der Waals surface area contributed by atoms with Crippen LogP contribution in [0.5, 0.6) is 0 Å². The van der Waals surface area contributed by atoms with Crippen LogP contribution in [-0.2, 0) is 9.53 Å². The first kappa shape index (κ1) is 13.5. The Balaban J connectivity index is 0. The Hall–Kier alpha value is 0.936. The van der Waals surface area contributed by atoms with Gasteiger partial charge in [-0.1, -0.05) is 11.6 Å². The van der Waals surface area contributed by atoms with Crippen molar-refractivity contribution in [2.75, 3.05) is 6.61 Å². The summed E-state index contributed by atoms with van der Waals surface area (Å²) in [4.78, 5) is 10.4. The van der Waals surface area contributed by atoms with Gasteiger partial charge in [0.15, 0.2) is 0 Å². The molecule has 0 spiro atoms. The molecule has 0 radical (unpaired) electrons. The van der Waals surface area contributed by atoms with E-state index < -0.39 is 11.0 Å². The van der Waals surface area contributed by atoms with E-state index in [9.17, 15) is 9.90 Å². The fourth-order valence-corrected chi connectivity index (χ4v) is 0.303. The average molecular weight is 189 g/mol. The van der Waals surface area contributed by atoms with Crippen LogP contribution in [0, 0.1) is 0 Å². The third-order valence-corrected chi connectivity index (χ3v) is 0.817.